The number of carboxylic acids is 1. The summed E-state index contributed by atoms with van der Waals surface area (Å²) in [6.45, 7) is 2.17. The summed E-state index contributed by atoms with van der Waals surface area (Å²) in [5, 5.41) is 13.4. The lowest BCUT2D eigenvalue weighted by atomic mass is 9.95. The highest BCUT2D eigenvalue weighted by molar-refractivity contribution is 6.04. The number of hydrogen-bond donors (Lipinski definition) is 2. The quantitative estimate of drug-likeness (QED) is 0.871. The maximum absolute atomic E-state index is 12.6. The Kier molecular flexibility index (Phi) is 5.19. The van der Waals surface area contributed by atoms with E-state index in [9.17, 15) is 9.59 Å². The maximum Gasteiger partial charge on any atom is 0.341 e. The number of hydrogen-bond acceptors (Lipinski definition) is 4. The van der Waals surface area contributed by atoms with Crippen molar-refractivity contribution in [2.45, 2.75) is 25.9 Å². The fourth-order valence-electron chi connectivity index (χ4n) is 3.12. The molecule has 2 aromatic rings. The lowest BCUT2D eigenvalue weighted by molar-refractivity contribution is -0.139. The Balaban J connectivity index is 1.83. The summed E-state index contributed by atoms with van der Waals surface area (Å²) in [6, 6.07) is 10.9. The van der Waals surface area contributed by atoms with Gasteiger partial charge in [-0.3, -0.25) is 4.79 Å². The van der Waals surface area contributed by atoms with E-state index in [2.05, 4.69) is 5.32 Å². The number of anilines is 1. The van der Waals surface area contributed by atoms with E-state index in [1.807, 2.05) is 31.2 Å². The first-order valence-corrected chi connectivity index (χ1v) is 8.33. The Morgan fingerprint density at radius 3 is 2.72 bits per heavy atom. The predicted molar refractivity (Wildman–Crippen MR) is 93.8 cm³/mol. The Morgan fingerprint density at radius 1 is 1.24 bits per heavy atom. The average molecular weight is 343 g/mol. The SMILES string of the molecule is CC1CC(C(=O)Nc2ccc(OCC(=O)O)c3ccccc23)CCO1. The van der Waals surface area contributed by atoms with Crippen molar-refractivity contribution in [3.05, 3.63) is 36.4 Å². The summed E-state index contributed by atoms with van der Waals surface area (Å²) in [6.07, 6.45) is 1.52. The van der Waals surface area contributed by atoms with E-state index >= 15 is 0 Å². The zero-order chi connectivity index (χ0) is 17.8. The van der Waals surface area contributed by atoms with Crippen molar-refractivity contribution in [2.75, 3.05) is 18.5 Å². The Hall–Kier alpha value is -2.60. The molecule has 2 N–H and O–H groups in total. The van der Waals surface area contributed by atoms with Gasteiger partial charge in [-0.25, -0.2) is 4.79 Å². The predicted octanol–water partition coefficient (Wildman–Crippen LogP) is 3.06. The third-order valence-electron chi connectivity index (χ3n) is 4.35. The molecule has 1 heterocycles. The van der Waals surface area contributed by atoms with Gasteiger partial charge >= 0.3 is 5.97 Å². The number of carbonyl (C=O) groups is 2. The standard InChI is InChI=1S/C19H21NO5/c1-12-10-13(8-9-24-12)19(23)20-16-6-7-17(25-11-18(21)22)15-5-3-2-4-14(15)16/h2-7,12-13H,8-11H2,1H3,(H,20,23)(H,21,22). The van der Waals surface area contributed by atoms with Crippen molar-refractivity contribution < 1.29 is 24.2 Å². The first-order chi connectivity index (χ1) is 12.0. The third-order valence-corrected chi connectivity index (χ3v) is 4.35. The largest absolute Gasteiger partial charge is 0.481 e. The normalized spacial score (nSPS) is 20.2. The molecule has 2 aromatic carbocycles. The van der Waals surface area contributed by atoms with E-state index in [0.717, 1.165) is 10.8 Å². The first kappa shape index (κ1) is 17.2. The molecule has 0 aliphatic carbocycles. The topological polar surface area (TPSA) is 84.9 Å². The van der Waals surface area contributed by atoms with E-state index < -0.39 is 12.6 Å². The number of fused-ring (bicyclic) bond motifs is 1. The number of ether oxygens (including phenoxy) is 2. The zero-order valence-electron chi connectivity index (χ0n) is 14.0. The second-order valence-corrected chi connectivity index (χ2v) is 6.23. The van der Waals surface area contributed by atoms with Gasteiger partial charge < -0.3 is 19.9 Å². The van der Waals surface area contributed by atoms with Gasteiger partial charge in [-0.1, -0.05) is 24.3 Å². The Labute approximate surface area is 145 Å². The highest BCUT2D eigenvalue weighted by Gasteiger charge is 2.26. The second kappa shape index (κ2) is 7.53. The van der Waals surface area contributed by atoms with Crippen molar-refractivity contribution in [1.29, 1.82) is 0 Å². The monoisotopic (exact) mass is 343 g/mol. The minimum Gasteiger partial charge on any atom is -0.481 e. The molecule has 1 fully saturated rings. The highest BCUT2D eigenvalue weighted by atomic mass is 16.5. The molecule has 2 atom stereocenters. The molecule has 6 nitrogen and oxygen atoms in total. The number of amides is 1. The third kappa shape index (κ3) is 4.09. The minimum absolute atomic E-state index is 0.0143. The fourth-order valence-corrected chi connectivity index (χ4v) is 3.12. The van der Waals surface area contributed by atoms with E-state index in [0.29, 0.717) is 30.9 Å². The van der Waals surface area contributed by atoms with Gasteiger partial charge in [0.25, 0.3) is 0 Å². The zero-order valence-corrected chi connectivity index (χ0v) is 14.0. The molecule has 1 aliphatic heterocycles. The van der Waals surface area contributed by atoms with Crippen molar-refractivity contribution in [1.82, 2.24) is 0 Å². The molecule has 1 amide bonds. The maximum atomic E-state index is 12.6. The van der Waals surface area contributed by atoms with E-state index in [1.165, 1.54) is 0 Å². The van der Waals surface area contributed by atoms with Crippen LogP contribution in [0, 0.1) is 5.92 Å². The van der Waals surface area contributed by atoms with Gasteiger partial charge in [0.15, 0.2) is 6.61 Å². The number of nitrogens with one attached hydrogen (secondary N) is 1. The van der Waals surface area contributed by atoms with Crippen molar-refractivity contribution in [3.8, 4) is 5.75 Å². The molecule has 6 heteroatoms. The highest BCUT2D eigenvalue weighted by Crippen LogP contribution is 2.32. The summed E-state index contributed by atoms with van der Waals surface area (Å²) in [4.78, 5) is 23.3. The molecule has 0 bridgehead atoms. The molecule has 3 rings (SSSR count). The van der Waals surface area contributed by atoms with Crippen molar-refractivity contribution >= 4 is 28.3 Å². The van der Waals surface area contributed by atoms with E-state index in [4.69, 9.17) is 14.6 Å². The molecule has 1 aliphatic rings. The van der Waals surface area contributed by atoms with Crippen LogP contribution in [0.25, 0.3) is 10.8 Å². The van der Waals surface area contributed by atoms with Gasteiger partial charge in [0.05, 0.1) is 6.10 Å². The van der Waals surface area contributed by atoms with Crippen LogP contribution in [0.2, 0.25) is 0 Å². The molecule has 0 radical (unpaired) electrons. The molecule has 0 spiro atoms. The van der Waals surface area contributed by atoms with Gasteiger partial charge in [0.2, 0.25) is 5.91 Å². The summed E-state index contributed by atoms with van der Waals surface area (Å²) < 4.78 is 10.8. The van der Waals surface area contributed by atoms with Crippen LogP contribution < -0.4 is 10.1 Å². The van der Waals surface area contributed by atoms with E-state index in [-0.39, 0.29) is 17.9 Å². The number of benzene rings is 2. The van der Waals surface area contributed by atoms with Gasteiger partial charge in [-0.2, -0.15) is 0 Å². The van der Waals surface area contributed by atoms with Gasteiger partial charge in [0.1, 0.15) is 5.75 Å². The van der Waals surface area contributed by atoms with Crippen LogP contribution in [0.15, 0.2) is 36.4 Å². The molecule has 132 valence electrons. The number of aliphatic carboxylic acids is 1. The Bertz CT molecular complexity index is 788. The fraction of sp³-hybridized carbons (Fsp3) is 0.368. The molecule has 1 saturated heterocycles. The lowest BCUT2D eigenvalue weighted by Gasteiger charge is -2.26. The Morgan fingerprint density at radius 2 is 2.00 bits per heavy atom. The molecular weight excluding hydrogens is 322 g/mol. The molecule has 25 heavy (non-hydrogen) atoms. The van der Waals surface area contributed by atoms with Crippen molar-refractivity contribution in [3.63, 3.8) is 0 Å². The smallest absolute Gasteiger partial charge is 0.341 e. The summed E-state index contributed by atoms with van der Waals surface area (Å²) in [5.74, 6) is -0.629. The van der Waals surface area contributed by atoms with Crippen LogP contribution >= 0.6 is 0 Å². The average Bonchev–Trinajstić information content (AvgIpc) is 2.61. The van der Waals surface area contributed by atoms with Crippen LogP contribution in [0.5, 0.6) is 5.75 Å². The van der Waals surface area contributed by atoms with E-state index in [1.54, 1.807) is 12.1 Å². The summed E-state index contributed by atoms with van der Waals surface area (Å²) in [7, 11) is 0. The number of carboxylic acid groups (broad SMARTS) is 1. The summed E-state index contributed by atoms with van der Waals surface area (Å²) >= 11 is 0. The molecule has 2 unspecified atom stereocenters. The molecule has 0 aromatic heterocycles. The van der Waals surface area contributed by atoms with Gasteiger partial charge in [0, 0.05) is 29.0 Å². The van der Waals surface area contributed by atoms with Gasteiger partial charge in [-0.15, -0.1) is 0 Å². The van der Waals surface area contributed by atoms with Crippen LogP contribution in [-0.4, -0.2) is 36.3 Å². The molecular formula is C19H21NO5. The van der Waals surface area contributed by atoms with Crippen LogP contribution in [-0.2, 0) is 14.3 Å². The van der Waals surface area contributed by atoms with Crippen LogP contribution in [0.1, 0.15) is 19.8 Å². The first-order valence-electron chi connectivity index (χ1n) is 8.33. The second-order valence-electron chi connectivity index (χ2n) is 6.23. The van der Waals surface area contributed by atoms with Crippen LogP contribution in [0.4, 0.5) is 5.69 Å². The lowest BCUT2D eigenvalue weighted by Crippen LogP contribution is -2.32. The summed E-state index contributed by atoms with van der Waals surface area (Å²) in [5.41, 5.74) is 0.697. The minimum atomic E-state index is -1.03. The number of carbonyl (C=O) groups excluding carboxylic acids is 1. The van der Waals surface area contributed by atoms with Crippen molar-refractivity contribution in [2.24, 2.45) is 5.92 Å². The molecule has 0 saturated carbocycles. The van der Waals surface area contributed by atoms with Crippen LogP contribution in [0.3, 0.4) is 0 Å². The number of rotatable bonds is 5. The van der Waals surface area contributed by atoms with Gasteiger partial charge in [-0.05, 0) is 31.9 Å².